The second-order valence-electron chi connectivity index (χ2n) is 5.35. The van der Waals surface area contributed by atoms with Crippen LogP contribution in [0.5, 0.6) is 0 Å². The van der Waals surface area contributed by atoms with Crippen molar-refractivity contribution in [2.75, 3.05) is 0 Å². The van der Waals surface area contributed by atoms with Crippen LogP contribution in [-0.2, 0) is 17.9 Å². The standard InChI is InChI=1S/C17H21N5O2S/c1-4-10-22-13(3)20-21-17(22)25-12(2)15(23)19-16(24)18-11-14-8-6-5-7-9-14/h4-9,12H,1,10-11H2,2-3H3,(H2,18,19,23,24). The molecule has 0 spiro atoms. The first-order chi connectivity index (χ1) is 12.0. The number of urea groups is 1. The number of aryl methyl sites for hydroxylation is 1. The Morgan fingerprint density at radius 1 is 1.32 bits per heavy atom. The fourth-order valence-corrected chi connectivity index (χ4v) is 2.94. The van der Waals surface area contributed by atoms with Crippen molar-refractivity contribution in [3.05, 3.63) is 54.4 Å². The van der Waals surface area contributed by atoms with Crippen molar-refractivity contribution in [1.29, 1.82) is 0 Å². The number of nitrogens with zero attached hydrogens (tertiary/aromatic N) is 3. The molecule has 0 saturated heterocycles. The van der Waals surface area contributed by atoms with Crippen LogP contribution in [0.4, 0.5) is 4.79 Å². The molecule has 0 aliphatic carbocycles. The first-order valence-corrected chi connectivity index (χ1v) is 8.69. The molecule has 0 aliphatic heterocycles. The van der Waals surface area contributed by atoms with E-state index in [9.17, 15) is 9.59 Å². The Balaban J connectivity index is 1.85. The molecule has 1 unspecified atom stereocenters. The zero-order valence-corrected chi connectivity index (χ0v) is 15.0. The van der Waals surface area contributed by atoms with Crippen LogP contribution in [0.1, 0.15) is 18.3 Å². The zero-order chi connectivity index (χ0) is 18.2. The number of hydrogen-bond acceptors (Lipinski definition) is 5. The second-order valence-corrected chi connectivity index (χ2v) is 6.65. The Morgan fingerprint density at radius 3 is 2.72 bits per heavy atom. The number of allylic oxidation sites excluding steroid dienone is 1. The van der Waals surface area contributed by atoms with Crippen LogP contribution in [-0.4, -0.2) is 32.0 Å². The van der Waals surface area contributed by atoms with E-state index < -0.39 is 11.3 Å². The maximum absolute atomic E-state index is 12.2. The average molecular weight is 359 g/mol. The van der Waals surface area contributed by atoms with Gasteiger partial charge in [0.25, 0.3) is 0 Å². The minimum absolute atomic E-state index is 0.355. The van der Waals surface area contributed by atoms with Gasteiger partial charge in [0.05, 0.1) is 5.25 Å². The summed E-state index contributed by atoms with van der Waals surface area (Å²) in [7, 11) is 0. The van der Waals surface area contributed by atoms with Crippen LogP contribution < -0.4 is 10.6 Å². The van der Waals surface area contributed by atoms with Crippen LogP contribution in [0.15, 0.2) is 48.1 Å². The van der Waals surface area contributed by atoms with E-state index >= 15 is 0 Å². The quantitative estimate of drug-likeness (QED) is 0.585. The Kier molecular flexibility index (Phi) is 6.76. The number of amides is 3. The van der Waals surface area contributed by atoms with E-state index in [2.05, 4.69) is 27.4 Å². The molecule has 2 N–H and O–H groups in total. The van der Waals surface area contributed by atoms with Crippen molar-refractivity contribution in [3.8, 4) is 0 Å². The topological polar surface area (TPSA) is 88.9 Å². The summed E-state index contributed by atoms with van der Waals surface area (Å²) in [4.78, 5) is 24.0. The van der Waals surface area contributed by atoms with E-state index in [0.29, 0.717) is 18.2 Å². The third kappa shape index (κ3) is 5.46. The monoisotopic (exact) mass is 359 g/mol. The minimum atomic E-state index is -0.523. The summed E-state index contributed by atoms with van der Waals surface area (Å²) in [6, 6.07) is 8.95. The van der Waals surface area contributed by atoms with E-state index in [0.717, 1.165) is 11.4 Å². The molecule has 1 aromatic heterocycles. The molecule has 0 fully saturated rings. The zero-order valence-electron chi connectivity index (χ0n) is 14.2. The SMILES string of the molecule is C=CCn1c(C)nnc1SC(C)C(=O)NC(=O)NCc1ccccc1. The molecule has 1 heterocycles. The van der Waals surface area contributed by atoms with Gasteiger partial charge in [-0.3, -0.25) is 10.1 Å². The third-order valence-corrected chi connectivity index (χ3v) is 4.48. The van der Waals surface area contributed by atoms with Gasteiger partial charge in [0.2, 0.25) is 5.91 Å². The van der Waals surface area contributed by atoms with E-state index in [1.807, 2.05) is 41.8 Å². The Morgan fingerprint density at radius 2 is 2.04 bits per heavy atom. The molecule has 0 aliphatic rings. The van der Waals surface area contributed by atoms with Crippen LogP contribution >= 0.6 is 11.8 Å². The molecule has 0 radical (unpaired) electrons. The summed E-state index contributed by atoms with van der Waals surface area (Å²) < 4.78 is 1.86. The van der Waals surface area contributed by atoms with E-state index in [4.69, 9.17) is 0 Å². The van der Waals surface area contributed by atoms with E-state index in [1.54, 1.807) is 13.0 Å². The Bertz CT molecular complexity index is 745. The number of imide groups is 1. The summed E-state index contributed by atoms with van der Waals surface area (Å²) in [5.41, 5.74) is 0.959. The predicted octanol–water partition coefficient (Wildman–Crippen LogP) is 2.28. The molecule has 0 bridgehead atoms. The summed E-state index contributed by atoms with van der Waals surface area (Å²) in [5, 5.41) is 13.2. The molecule has 8 heteroatoms. The van der Waals surface area contributed by atoms with Gasteiger partial charge in [0.15, 0.2) is 5.16 Å². The molecule has 1 aromatic carbocycles. The van der Waals surface area contributed by atoms with Gasteiger partial charge in [-0.1, -0.05) is 48.2 Å². The van der Waals surface area contributed by atoms with Crippen LogP contribution in [0, 0.1) is 6.92 Å². The highest BCUT2D eigenvalue weighted by Crippen LogP contribution is 2.22. The maximum Gasteiger partial charge on any atom is 0.321 e. The molecule has 132 valence electrons. The lowest BCUT2D eigenvalue weighted by atomic mass is 10.2. The summed E-state index contributed by atoms with van der Waals surface area (Å²) in [6.45, 7) is 8.17. The first kappa shape index (κ1) is 18.7. The number of carbonyl (C=O) groups excluding carboxylic acids is 2. The van der Waals surface area contributed by atoms with Crippen LogP contribution in [0.2, 0.25) is 0 Å². The lowest BCUT2D eigenvalue weighted by Gasteiger charge is -2.12. The van der Waals surface area contributed by atoms with Gasteiger partial charge in [-0.25, -0.2) is 4.79 Å². The fourth-order valence-electron chi connectivity index (χ4n) is 2.04. The van der Waals surface area contributed by atoms with E-state index in [-0.39, 0.29) is 5.91 Å². The summed E-state index contributed by atoms with van der Waals surface area (Å²) in [5.74, 6) is 0.358. The van der Waals surface area contributed by atoms with Gasteiger partial charge >= 0.3 is 6.03 Å². The molecule has 1 atom stereocenters. The summed E-state index contributed by atoms with van der Waals surface area (Å²) >= 11 is 1.25. The van der Waals surface area contributed by atoms with Crippen LogP contribution in [0.3, 0.4) is 0 Å². The van der Waals surface area contributed by atoms with Gasteiger partial charge in [-0.05, 0) is 19.4 Å². The molecule has 25 heavy (non-hydrogen) atoms. The van der Waals surface area contributed by atoms with Crippen molar-refractivity contribution in [3.63, 3.8) is 0 Å². The third-order valence-electron chi connectivity index (χ3n) is 3.40. The highest BCUT2D eigenvalue weighted by molar-refractivity contribution is 8.00. The number of carbonyl (C=O) groups is 2. The van der Waals surface area contributed by atoms with E-state index in [1.165, 1.54) is 11.8 Å². The van der Waals surface area contributed by atoms with Crippen molar-refractivity contribution >= 4 is 23.7 Å². The number of rotatable bonds is 7. The highest BCUT2D eigenvalue weighted by Gasteiger charge is 2.20. The molecule has 7 nitrogen and oxygen atoms in total. The molecule has 3 amide bonds. The summed E-state index contributed by atoms with van der Waals surface area (Å²) in [6.07, 6.45) is 1.74. The number of hydrogen-bond donors (Lipinski definition) is 2. The number of nitrogens with one attached hydrogen (secondary N) is 2. The van der Waals surface area contributed by atoms with Gasteiger partial charge < -0.3 is 9.88 Å². The van der Waals surface area contributed by atoms with Crippen molar-refractivity contribution in [2.45, 2.75) is 37.3 Å². The first-order valence-electron chi connectivity index (χ1n) is 7.81. The molecular formula is C17H21N5O2S. The predicted molar refractivity (Wildman–Crippen MR) is 97.1 cm³/mol. The van der Waals surface area contributed by atoms with Crippen LogP contribution in [0.25, 0.3) is 0 Å². The average Bonchev–Trinajstić information content (AvgIpc) is 2.94. The van der Waals surface area contributed by atoms with Gasteiger partial charge in [-0.15, -0.1) is 16.8 Å². The number of benzene rings is 1. The molecule has 2 aromatic rings. The molecule has 0 saturated carbocycles. The normalized spacial score (nSPS) is 11.6. The molecular weight excluding hydrogens is 338 g/mol. The Labute approximate surface area is 150 Å². The van der Waals surface area contributed by atoms with Crippen molar-refractivity contribution in [1.82, 2.24) is 25.4 Å². The maximum atomic E-state index is 12.2. The van der Waals surface area contributed by atoms with Crippen molar-refractivity contribution < 1.29 is 9.59 Å². The Hall–Kier alpha value is -2.61. The lowest BCUT2D eigenvalue weighted by Crippen LogP contribution is -2.42. The fraction of sp³-hybridized carbons (Fsp3) is 0.294. The number of thioether (sulfide) groups is 1. The van der Waals surface area contributed by atoms with Gasteiger partial charge in [-0.2, -0.15) is 0 Å². The molecule has 2 rings (SSSR count). The van der Waals surface area contributed by atoms with Crippen molar-refractivity contribution in [2.24, 2.45) is 0 Å². The highest BCUT2D eigenvalue weighted by atomic mass is 32.2. The second kappa shape index (κ2) is 9.03. The number of aromatic nitrogens is 3. The lowest BCUT2D eigenvalue weighted by molar-refractivity contribution is -0.119. The minimum Gasteiger partial charge on any atom is -0.334 e. The van der Waals surface area contributed by atoms with Gasteiger partial charge in [0.1, 0.15) is 5.82 Å². The van der Waals surface area contributed by atoms with Gasteiger partial charge in [0, 0.05) is 13.1 Å². The largest absolute Gasteiger partial charge is 0.334 e. The smallest absolute Gasteiger partial charge is 0.321 e.